The number of carbonyl (C=O) groups excluding carboxylic acids is 1. The summed E-state index contributed by atoms with van der Waals surface area (Å²) in [4.78, 5) is 11.5. The molecular formula is C21H34O3. The summed E-state index contributed by atoms with van der Waals surface area (Å²) < 4.78 is 5.74. The second-order valence-electron chi connectivity index (χ2n) is 9.81. The molecule has 0 aromatic rings. The monoisotopic (exact) mass is 334 g/mol. The first-order chi connectivity index (χ1) is 11.3. The Morgan fingerprint density at radius 3 is 2.42 bits per heavy atom. The van der Waals surface area contributed by atoms with E-state index in [0.717, 1.165) is 42.9 Å². The van der Waals surface area contributed by atoms with Crippen molar-refractivity contribution in [2.75, 3.05) is 0 Å². The van der Waals surface area contributed by atoms with Crippen LogP contribution in [0, 0.1) is 34.5 Å². The lowest BCUT2D eigenvalue weighted by Crippen LogP contribution is -2.54. The minimum atomic E-state index is -0.110. The number of aliphatic hydroxyl groups excluding tert-OH is 1. The highest BCUT2D eigenvalue weighted by atomic mass is 16.5. The van der Waals surface area contributed by atoms with E-state index in [1.807, 2.05) is 0 Å². The molecule has 0 heterocycles. The van der Waals surface area contributed by atoms with Crippen molar-refractivity contribution in [3.05, 3.63) is 0 Å². The fourth-order valence-electron chi connectivity index (χ4n) is 7.58. The molecule has 5 unspecified atom stereocenters. The smallest absolute Gasteiger partial charge is 0.302 e. The molecule has 24 heavy (non-hydrogen) atoms. The number of ether oxygens (including phenoxy) is 1. The molecule has 0 amide bonds. The largest absolute Gasteiger partial charge is 0.462 e. The number of esters is 1. The van der Waals surface area contributed by atoms with Crippen LogP contribution in [-0.2, 0) is 9.53 Å². The van der Waals surface area contributed by atoms with Gasteiger partial charge in [-0.05, 0) is 86.9 Å². The molecule has 8 atom stereocenters. The first-order valence-corrected chi connectivity index (χ1v) is 10.2. The van der Waals surface area contributed by atoms with Crippen molar-refractivity contribution in [1.82, 2.24) is 0 Å². The molecule has 0 bridgehead atoms. The number of hydrogen-bond acceptors (Lipinski definition) is 3. The predicted octanol–water partition coefficient (Wildman–Crippen LogP) is 4.32. The van der Waals surface area contributed by atoms with Crippen molar-refractivity contribution in [3.63, 3.8) is 0 Å². The van der Waals surface area contributed by atoms with Crippen LogP contribution in [0.3, 0.4) is 0 Å². The average Bonchev–Trinajstić information content (AvgIpc) is 2.84. The van der Waals surface area contributed by atoms with Crippen LogP contribution in [-0.4, -0.2) is 23.3 Å². The van der Waals surface area contributed by atoms with E-state index in [0.29, 0.717) is 5.41 Å². The van der Waals surface area contributed by atoms with E-state index >= 15 is 0 Å². The van der Waals surface area contributed by atoms with E-state index in [2.05, 4.69) is 13.8 Å². The molecule has 4 rings (SSSR count). The van der Waals surface area contributed by atoms with Gasteiger partial charge in [0.1, 0.15) is 6.10 Å². The predicted molar refractivity (Wildman–Crippen MR) is 93.3 cm³/mol. The number of aliphatic hydroxyl groups is 1. The molecule has 136 valence electrons. The third-order valence-electron chi connectivity index (χ3n) is 8.86. The Labute approximate surface area is 146 Å². The van der Waals surface area contributed by atoms with Crippen molar-refractivity contribution in [1.29, 1.82) is 0 Å². The fourth-order valence-corrected chi connectivity index (χ4v) is 7.58. The molecule has 4 fully saturated rings. The van der Waals surface area contributed by atoms with Crippen LogP contribution in [0.1, 0.15) is 78.6 Å². The van der Waals surface area contributed by atoms with Crippen LogP contribution in [0.5, 0.6) is 0 Å². The van der Waals surface area contributed by atoms with Gasteiger partial charge >= 0.3 is 5.97 Å². The fraction of sp³-hybridized carbons (Fsp3) is 0.952. The third kappa shape index (κ3) is 2.37. The van der Waals surface area contributed by atoms with E-state index in [1.54, 1.807) is 6.92 Å². The summed E-state index contributed by atoms with van der Waals surface area (Å²) in [5, 5.41) is 10.1. The highest BCUT2D eigenvalue weighted by molar-refractivity contribution is 5.66. The summed E-state index contributed by atoms with van der Waals surface area (Å²) in [7, 11) is 0. The average molecular weight is 335 g/mol. The van der Waals surface area contributed by atoms with Gasteiger partial charge in [0.2, 0.25) is 0 Å². The van der Waals surface area contributed by atoms with Crippen molar-refractivity contribution >= 4 is 5.97 Å². The summed E-state index contributed by atoms with van der Waals surface area (Å²) in [6.45, 7) is 6.48. The normalized spacial score (nSPS) is 53.7. The summed E-state index contributed by atoms with van der Waals surface area (Å²) in [5.74, 6) is 2.96. The van der Waals surface area contributed by atoms with E-state index in [4.69, 9.17) is 4.74 Å². The molecular weight excluding hydrogens is 300 g/mol. The number of fused-ring (bicyclic) bond motifs is 5. The molecule has 3 heteroatoms. The zero-order valence-corrected chi connectivity index (χ0v) is 15.6. The first kappa shape index (κ1) is 16.9. The molecule has 4 saturated carbocycles. The van der Waals surface area contributed by atoms with Crippen LogP contribution in [0.4, 0.5) is 0 Å². The highest BCUT2D eigenvalue weighted by Gasteiger charge is 2.60. The zero-order chi connectivity index (χ0) is 17.1. The Balaban J connectivity index is 1.57. The second kappa shape index (κ2) is 5.72. The number of hydrogen-bond donors (Lipinski definition) is 1. The van der Waals surface area contributed by atoms with Crippen molar-refractivity contribution in [2.24, 2.45) is 34.5 Å². The van der Waals surface area contributed by atoms with E-state index < -0.39 is 0 Å². The molecule has 0 spiro atoms. The van der Waals surface area contributed by atoms with Gasteiger partial charge in [-0.2, -0.15) is 0 Å². The lowest BCUT2D eigenvalue weighted by molar-refractivity contribution is -0.163. The molecule has 0 saturated heterocycles. The van der Waals surface area contributed by atoms with Gasteiger partial charge in [-0.3, -0.25) is 4.79 Å². The van der Waals surface area contributed by atoms with Crippen LogP contribution in [0.25, 0.3) is 0 Å². The molecule has 4 aliphatic carbocycles. The van der Waals surface area contributed by atoms with Gasteiger partial charge in [0, 0.05) is 12.3 Å². The highest BCUT2D eigenvalue weighted by Crippen LogP contribution is 2.66. The van der Waals surface area contributed by atoms with Crippen LogP contribution < -0.4 is 0 Å². The zero-order valence-electron chi connectivity index (χ0n) is 15.6. The molecule has 4 aliphatic rings. The third-order valence-corrected chi connectivity index (χ3v) is 8.86. The summed E-state index contributed by atoms with van der Waals surface area (Å²) in [5.41, 5.74) is 0.632. The Kier molecular flexibility index (Phi) is 4.02. The van der Waals surface area contributed by atoms with Crippen LogP contribution >= 0.6 is 0 Å². The SMILES string of the molecule is CC(=O)O[C@H]1CCC2C3CCC4C[C@@H](O)CC[C@]4(C)C3CCC21C. The lowest BCUT2D eigenvalue weighted by Gasteiger charge is -2.60. The second-order valence-corrected chi connectivity index (χ2v) is 9.81. The topological polar surface area (TPSA) is 46.5 Å². The van der Waals surface area contributed by atoms with Crippen molar-refractivity contribution in [3.8, 4) is 0 Å². The first-order valence-electron chi connectivity index (χ1n) is 10.2. The lowest BCUT2D eigenvalue weighted by atomic mass is 9.45. The van der Waals surface area contributed by atoms with E-state index in [9.17, 15) is 9.90 Å². The van der Waals surface area contributed by atoms with Gasteiger partial charge in [0.15, 0.2) is 0 Å². The van der Waals surface area contributed by atoms with E-state index in [1.165, 1.54) is 38.5 Å². The van der Waals surface area contributed by atoms with Gasteiger partial charge in [-0.1, -0.05) is 13.8 Å². The molecule has 0 radical (unpaired) electrons. The summed E-state index contributed by atoms with van der Waals surface area (Å²) in [6.07, 6.45) is 10.7. The molecule has 0 aromatic carbocycles. The molecule has 0 aromatic heterocycles. The minimum Gasteiger partial charge on any atom is -0.462 e. The maximum absolute atomic E-state index is 11.5. The van der Waals surface area contributed by atoms with Gasteiger partial charge < -0.3 is 9.84 Å². The van der Waals surface area contributed by atoms with Crippen LogP contribution in [0.2, 0.25) is 0 Å². The Morgan fingerprint density at radius 1 is 0.958 bits per heavy atom. The van der Waals surface area contributed by atoms with Crippen molar-refractivity contribution < 1.29 is 14.6 Å². The number of rotatable bonds is 1. The minimum absolute atomic E-state index is 0.0618. The Hall–Kier alpha value is -0.570. The molecule has 0 aliphatic heterocycles. The van der Waals surface area contributed by atoms with E-state index in [-0.39, 0.29) is 23.6 Å². The molecule has 3 nitrogen and oxygen atoms in total. The van der Waals surface area contributed by atoms with Crippen LogP contribution in [0.15, 0.2) is 0 Å². The van der Waals surface area contributed by atoms with Gasteiger partial charge in [-0.25, -0.2) is 0 Å². The Bertz CT molecular complexity index is 517. The summed E-state index contributed by atoms with van der Waals surface area (Å²) in [6, 6.07) is 0. The quantitative estimate of drug-likeness (QED) is 0.726. The van der Waals surface area contributed by atoms with Gasteiger partial charge in [-0.15, -0.1) is 0 Å². The number of carbonyl (C=O) groups is 1. The standard InChI is InChI=1S/C21H34O3/c1-13(22)24-19-7-6-17-16-5-4-14-12-15(23)8-10-20(14,2)18(16)9-11-21(17,19)3/h14-19,23H,4-12H2,1-3H3/t14?,15-,16?,17?,18?,19-,20-,21?/m0/s1. The van der Waals surface area contributed by atoms with Gasteiger partial charge in [0.05, 0.1) is 6.10 Å². The Morgan fingerprint density at radius 2 is 1.67 bits per heavy atom. The van der Waals surface area contributed by atoms with Gasteiger partial charge in [0.25, 0.3) is 0 Å². The molecule has 1 N–H and O–H groups in total. The maximum atomic E-state index is 11.5. The van der Waals surface area contributed by atoms with Crippen molar-refractivity contribution in [2.45, 2.75) is 90.8 Å². The summed E-state index contributed by atoms with van der Waals surface area (Å²) >= 11 is 0. The maximum Gasteiger partial charge on any atom is 0.302 e.